The van der Waals surface area contributed by atoms with E-state index in [0.29, 0.717) is 35.7 Å². The van der Waals surface area contributed by atoms with Gasteiger partial charge in [0.05, 0.1) is 24.2 Å². The summed E-state index contributed by atoms with van der Waals surface area (Å²) in [5.74, 6) is -0.867. The first-order valence-electron chi connectivity index (χ1n) is 14.5. The van der Waals surface area contributed by atoms with E-state index in [-0.39, 0.29) is 36.0 Å². The van der Waals surface area contributed by atoms with Crippen LogP contribution in [0.4, 0.5) is 4.39 Å². The molecule has 3 aromatic rings. The van der Waals surface area contributed by atoms with Crippen LogP contribution < -0.4 is 5.32 Å². The average Bonchev–Trinajstić information content (AvgIpc) is 3.69. The fraction of sp³-hybridized carbons (Fsp3) is 0.375. The molecular formula is C32H32ClFN6O4. The van der Waals surface area contributed by atoms with Gasteiger partial charge in [0.15, 0.2) is 5.72 Å². The highest BCUT2D eigenvalue weighted by Crippen LogP contribution is 2.51. The van der Waals surface area contributed by atoms with Gasteiger partial charge >= 0.3 is 0 Å². The van der Waals surface area contributed by atoms with Gasteiger partial charge in [0.2, 0.25) is 5.66 Å². The van der Waals surface area contributed by atoms with E-state index < -0.39 is 41.5 Å². The second-order valence-corrected chi connectivity index (χ2v) is 11.9. The molecule has 0 spiro atoms. The van der Waals surface area contributed by atoms with Gasteiger partial charge in [-0.1, -0.05) is 35.9 Å². The smallest absolute Gasteiger partial charge is 0.261 e. The molecule has 2 aromatic carbocycles. The van der Waals surface area contributed by atoms with Crippen LogP contribution in [-0.2, 0) is 23.9 Å². The van der Waals surface area contributed by atoms with Crippen LogP contribution in [0, 0.1) is 17.1 Å². The number of hydrogen-bond acceptors (Lipinski definition) is 8. The fourth-order valence-electron chi connectivity index (χ4n) is 6.40. The minimum atomic E-state index is -1.81. The number of amides is 1. The molecule has 2 unspecified atom stereocenters. The van der Waals surface area contributed by atoms with Crippen molar-refractivity contribution in [3.8, 4) is 17.2 Å². The Morgan fingerprint density at radius 3 is 2.70 bits per heavy atom. The van der Waals surface area contributed by atoms with Gasteiger partial charge in [-0.3, -0.25) is 14.7 Å². The topological polar surface area (TPSA) is 136 Å². The van der Waals surface area contributed by atoms with Gasteiger partial charge in [0.1, 0.15) is 23.9 Å². The number of aryl methyl sites for hydroxylation is 2. The second-order valence-electron chi connectivity index (χ2n) is 11.4. The summed E-state index contributed by atoms with van der Waals surface area (Å²) >= 11 is 6.06. The lowest BCUT2D eigenvalue weighted by atomic mass is 9.88. The number of rotatable bonds is 9. The molecule has 1 amide bonds. The molecule has 1 fully saturated rings. The van der Waals surface area contributed by atoms with E-state index in [1.54, 1.807) is 61.1 Å². The van der Waals surface area contributed by atoms with Crippen molar-refractivity contribution in [1.29, 1.82) is 5.26 Å². The number of hydrogen-bond donors (Lipinski definition) is 3. The summed E-state index contributed by atoms with van der Waals surface area (Å²) in [6, 6.07) is 12.0. The molecule has 6 rings (SSSR count). The van der Waals surface area contributed by atoms with Crippen molar-refractivity contribution in [2.75, 3.05) is 0 Å². The third-order valence-corrected chi connectivity index (χ3v) is 8.84. The number of benzene rings is 2. The van der Waals surface area contributed by atoms with Gasteiger partial charge in [-0.2, -0.15) is 5.26 Å². The van der Waals surface area contributed by atoms with Gasteiger partial charge in [0, 0.05) is 54.4 Å². The van der Waals surface area contributed by atoms with E-state index in [2.05, 4.69) is 21.4 Å². The Hall–Kier alpha value is -4.08. The second kappa shape index (κ2) is 11.8. The lowest BCUT2D eigenvalue weighted by Gasteiger charge is -2.45. The standard InChI is InChI=1S/C32H32ClFN6O4/c1-39-16-15-36-26(39)11-12-27(42)40-30(43)28-25(10-9-24(29(28)34)20-3-5-21(33)6-4-20)32(40,44-23-8-7-22(41)17-23)18-31(19-35)37-13-2-14-38-31/h2-6,9-10,13-16,22-23,27,37,41-42H,7-8,11-12,17-18H2,1H3/t22-,23-,27?,31?,32+/m0/s1. The Bertz CT molecular complexity index is 1670. The van der Waals surface area contributed by atoms with Gasteiger partial charge < -0.3 is 24.8 Å². The predicted molar refractivity (Wildman–Crippen MR) is 161 cm³/mol. The fourth-order valence-corrected chi connectivity index (χ4v) is 6.53. The SMILES string of the molecule is Cn1ccnc1CCC(O)N1C(=O)c2c(ccc(-c3ccc(Cl)cc3)c2F)[C@@]1(CC1(C#N)N=CC=CN1)O[C@H]1CC[C@H](O)C1. The van der Waals surface area contributed by atoms with Crippen molar-refractivity contribution < 1.29 is 24.1 Å². The summed E-state index contributed by atoms with van der Waals surface area (Å²) in [5.41, 5.74) is -2.80. The average molecular weight is 619 g/mol. The molecule has 10 nitrogen and oxygen atoms in total. The third-order valence-electron chi connectivity index (χ3n) is 8.58. The number of fused-ring (bicyclic) bond motifs is 1. The Labute approximate surface area is 259 Å². The molecule has 3 heterocycles. The van der Waals surface area contributed by atoms with Crippen LogP contribution >= 0.6 is 11.6 Å². The summed E-state index contributed by atoms with van der Waals surface area (Å²) < 4.78 is 25.2. The molecule has 5 atom stereocenters. The molecule has 12 heteroatoms. The van der Waals surface area contributed by atoms with E-state index in [4.69, 9.17) is 16.3 Å². The molecule has 228 valence electrons. The molecule has 1 aliphatic carbocycles. The first-order valence-corrected chi connectivity index (χ1v) is 14.9. The zero-order chi connectivity index (χ0) is 31.1. The number of nitrogens with one attached hydrogen (secondary N) is 1. The van der Waals surface area contributed by atoms with Crippen molar-refractivity contribution >= 4 is 23.7 Å². The number of aliphatic imine (C=N–C) groups is 1. The Kier molecular flexibility index (Phi) is 8.02. The molecule has 1 aromatic heterocycles. The number of nitrogens with zero attached hydrogens (tertiary/aromatic N) is 5. The van der Waals surface area contributed by atoms with Crippen LogP contribution in [0.15, 0.2) is 66.1 Å². The van der Waals surface area contributed by atoms with Crippen molar-refractivity contribution in [2.45, 2.75) is 68.3 Å². The zero-order valence-corrected chi connectivity index (χ0v) is 24.8. The molecule has 0 saturated heterocycles. The minimum Gasteiger partial charge on any atom is -0.393 e. The van der Waals surface area contributed by atoms with Gasteiger partial charge in [-0.25, -0.2) is 9.37 Å². The van der Waals surface area contributed by atoms with E-state index in [1.165, 1.54) is 6.21 Å². The molecular weight excluding hydrogens is 587 g/mol. The highest BCUT2D eigenvalue weighted by atomic mass is 35.5. The number of aromatic nitrogens is 2. The quantitative estimate of drug-likeness (QED) is 0.327. The summed E-state index contributed by atoms with van der Waals surface area (Å²) in [6.07, 6.45) is 6.83. The largest absolute Gasteiger partial charge is 0.393 e. The zero-order valence-electron chi connectivity index (χ0n) is 24.0. The highest BCUT2D eigenvalue weighted by molar-refractivity contribution is 6.30. The maximum absolute atomic E-state index is 16.6. The van der Waals surface area contributed by atoms with Crippen LogP contribution in [-0.4, -0.2) is 60.9 Å². The van der Waals surface area contributed by atoms with Gasteiger partial charge in [-0.05, 0) is 49.5 Å². The summed E-state index contributed by atoms with van der Waals surface area (Å²) in [7, 11) is 1.83. The van der Waals surface area contributed by atoms with Crippen LogP contribution in [0.1, 0.15) is 53.8 Å². The van der Waals surface area contributed by atoms with Crippen LogP contribution in [0.2, 0.25) is 5.02 Å². The number of ether oxygens (including phenoxy) is 1. The van der Waals surface area contributed by atoms with E-state index in [9.17, 15) is 20.3 Å². The first-order chi connectivity index (χ1) is 21.2. The van der Waals surface area contributed by atoms with Crippen LogP contribution in [0.3, 0.4) is 0 Å². The van der Waals surface area contributed by atoms with E-state index >= 15 is 4.39 Å². The van der Waals surface area contributed by atoms with Crippen molar-refractivity contribution in [1.82, 2.24) is 19.8 Å². The van der Waals surface area contributed by atoms with Crippen molar-refractivity contribution in [3.05, 3.63) is 88.9 Å². The first kappa shape index (κ1) is 30.0. The van der Waals surface area contributed by atoms with Crippen LogP contribution in [0.25, 0.3) is 11.1 Å². The number of aliphatic hydroxyl groups is 2. The number of nitriles is 1. The Balaban J connectivity index is 1.51. The predicted octanol–water partition coefficient (Wildman–Crippen LogP) is 4.17. The summed E-state index contributed by atoms with van der Waals surface area (Å²) in [5, 5.41) is 36.0. The minimum absolute atomic E-state index is 0.0603. The summed E-state index contributed by atoms with van der Waals surface area (Å²) in [6.45, 7) is 0. The number of carbonyl (C=O) groups is 1. The van der Waals surface area contributed by atoms with Gasteiger partial charge in [-0.15, -0.1) is 0 Å². The highest BCUT2D eigenvalue weighted by Gasteiger charge is 2.59. The lowest BCUT2D eigenvalue weighted by molar-refractivity contribution is -0.218. The van der Waals surface area contributed by atoms with Crippen LogP contribution in [0.5, 0.6) is 0 Å². The van der Waals surface area contributed by atoms with Crippen molar-refractivity contribution in [2.24, 2.45) is 12.0 Å². The number of imidazole rings is 1. The number of carbonyl (C=O) groups excluding carboxylic acids is 1. The molecule has 2 aliphatic heterocycles. The normalized spacial score (nSPS) is 26.5. The Morgan fingerprint density at radius 2 is 2.07 bits per heavy atom. The Morgan fingerprint density at radius 1 is 1.27 bits per heavy atom. The molecule has 3 N–H and O–H groups in total. The monoisotopic (exact) mass is 618 g/mol. The van der Waals surface area contributed by atoms with E-state index in [1.807, 2.05) is 11.6 Å². The summed E-state index contributed by atoms with van der Waals surface area (Å²) in [4.78, 5) is 24.3. The van der Waals surface area contributed by atoms with E-state index in [0.717, 1.165) is 4.90 Å². The molecule has 44 heavy (non-hydrogen) atoms. The third kappa shape index (κ3) is 5.28. The number of allylic oxidation sites excluding steroid dienone is 1. The maximum Gasteiger partial charge on any atom is 0.261 e. The number of aliphatic hydroxyl groups excluding tert-OH is 2. The maximum atomic E-state index is 16.6. The number of halogens is 2. The molecule has 0 radical (unpaired) electrons. The molecule has 0 bridgehead atoms. The lowest BCUT2D eigenvalue weighted by Crippen LogP contribution is -2.58. The van der Waals surface area contributed by atoms with Crippen molar-refractivity contribution in [3.63, 3.8) is 0 Å². The molecule has 1 saturated carbocycles. The molecule has 3 aliphatic rings. The van der Waals surface area contributed by atoms with Gasteiger partial charge in [0.25, 0.3) is 5.91 Å².